The number of hydrogen-bond acceptors (Lipinski definition) is 4. The van der Waals surface area contributed by atoms with Crippen LogP contribution in [0.4, 0.5) is 11.4 Å². The lowest BCUT2D eigenvalue weighted by molar-refractivity contribution is -0.117. The van der Waals surface area contributed by atoms with Crippen molar-refractivity contribution in [3.8, 4) is 6.07 Å². The van der Waals surface area contributed by atoms with Crippen LogP contribution in [0.5, 0.6) is 0 Å². The third-order valence-electron chi connectivity index (χ3n) is 6.03. The topological polar surface area (TPSA) is 73.2 Å². The van der Waals surface area contributed by atoms with Crippen LogP contribution in [-0.4, -0.2) is 17.1 Å². The molecule has 0 aromatic heterocycles. The van der Waals surface area contributed by atoms with Gasteiger partial charge in [-0.15, -0.1) is 0 Å². The van der Waals surface area contributed by atoms with Crippen molar-refractivity contribution >= 4 is 46.6 Å². The Morgan fingerprint density at radius 1 is 1.11 bits per heavy atom. The van der Waals surface area contributed by atoms with Gasteiger partial charge in [-0.2, -0.15) is 5.26 Å². The average Bonchev–Trinajstić information content (AvgIpc) is 3.16. The molecule has 0 spiro atoms. The number of halogens is 1. The summed E-state index contributed by atoms with van der Waals surface area (Å²) in [6, 6.07) is 24.5. The highest BCUT2D eigenvalue weighted by Crippen LogP contribution is 2.42. The Morgan fingerprint density at radius 2 is 1.83 bits per heavy atom. The van der Waals surface area contributed by atoms with E-state index in [2.05, 4.69) is 25.2 Å². The van der Waals surface area contributed by atoms with E-state index in [9.17, 15) is 14.9 Å². The van der Waals surface area contributed by atoms with Gasteiger partial charge >= 0.3 is 0 Å². The van der Waals surface area contributed by atoms with Crippen molar-refractivity contribution in [1.29, 1.82) is 5.26 Å². The first-order valence-corrected chi connectivity index (χ1v) is 12.9. The second-order valence-corrected chi connectivity index (χ2v) is 10.5. The van der Waals surface area contributed by atoms with Crippen LogP contribution in [0, 0.1) is 18.3 Å². The molecule has 4 rings (SSSR count). The molecule has 1 saturated heterocycles. The summed E-state index contributed by atoms with van der Waals surface area (Å²) in [5.41, 5.74) is 4.07. The molecule has 1 aliphatic rings. The van der Waals surface area contributed by atoms with Gasteiger partial charge in [0.15, 0.2) is 0 Å². The van der Waals surface area contributed by atoms with Crippen LogP contribution < -0.4 is 10.2 Å². The largest absolute Gasteiger partial charge is 0.321 e. The summed E-state index contributed by atoms with van der Waals surface area (Å²) in [5, 5.41) is 13.3. The molecule has 1 aliphatic heterocycles. The van der Waals surface area contributed by atoms with E-state index >= 15 is 0 Å². The Bertz CT molecular complexity index is 1380. The molecular weight excluding hydrogens is 490 g/mol. The molecule has 3 aromatic carbocycles. The number of rotatable bonds is 6. The molecule has 0 saturated carbocycles. The Balaban J connectivity index is 1.74. The summed E-state index contributed by atoms with van der Waals surface area (Å²) >= 11 is 7.40. The molecule has 36 heavy (non-hydrogen) atoms. The van der Waals surface area contributed by atoms with Crippen molar-refractivity contribution in [2.45, 2.75) is 38.4 Å². The zero-order chi connectivity index (χ0) is 25.8. The van der Waals surface area contributed by atoms with Crippen LogP contribution in [0.2, 0.25) is 5.02 Å². The van der Waals surface area contributed by atoms with Crippen molar-refractivity contribution in [1.82, 2.24) is 0 Å². The van der Waals surface area contributed by atoms with Crippen molar-refractivity contribution in [2.24, 2.45) is 0 Å². The average molecular weight is 516 g/mol. The Kier molecular flexibility index (Phi) is 7.83. The molecule has 1 N–H and O–H groups in total. The molecule has 5 nitrogen and oxygen atoms in total. The van der Waals surface area contributed by atoms with Gasteiger partial charge in [-0.25, -0.2) is 0 Å². The fraction of sp³-hybridized carbons (Fsp3) is 0.207. The first-order chi connectivity index (χ1) is 17.3. The second-order valence-electron chi connectivity index (χ2n) is 8.92. The van der Waals surface area contributed by atoms with Gasteiger partial charge in [0.2, 0.25) is 5.91 Å². The fourth-order valence-electron chi connectivity index (χ4n) is 4.01. The number of carbonyl (C=O) groups excluding carboxylic acids is 2. The predicted molar refractivity (Wildman–Crippen MR) is 147 cm³/mol. The first kappa shape index (κ1) is 25.6. The van der Waals surface area contributed by atoms with Gasteiger partial charge in [-0.05, 0) is 66.3 Å². The Hall–Kier alpha value is -3.53. The summed E-state index contributed by atoms with van der Waals surface area (Å²) in [6.45, 7) is 6.08. The normalized spacial score (nSPS) is 16.7. The molecule has 0 radical (unpaired) electrons. The lowest BCUT2D eigenvalue weighted by atomic mass is 10.0. The van der Waals surface area contributed by atoms with Crippen molar-refractivity contribution in [2.75, 3.05) is 10.2 Å². The number of thioether (sulfide) groups is 1. The number of anilines is 2. The number of amides is 2. The van der Waals surface area contributed by atoms with E-state index in [1.165, 1.54) is 16.7 Å². The molecule has 1 unspecified atom stereocenters. The van der Waals surface area contributed by atoms with Gasteiger partial charge < -0.3 is 5.32 Å². The van der Waals surface area contributed by atoms with Crippen LogP contribution in [0.3, 0.4) is 0 Å². The third-order valence-corrected chi connectivity index (χ3v) is 7.52. The summed E-state index contributed by atoms with van der Waals surface area (Å²) in [4.78, 5) is 28.4. The number of para-hydroxylation sites is 1. The predicted octanol–water partition coefficient (Wildman–Crippen LogP) is 6.84. The fourth-order valence-corrected chi connectivity index (χ4v) is 5.53. The lowest BCUT2D eigenvalue weighted by Crippen LogP contribution is -2.31. The molecule has 1 atom stereocenters. The standard InChI is InChI=1S/C29H26ClN3O2S/c1-18(2)21-11-13-23(14-12-21)33-28(35)26(16-20-8-6-9-22(30)15-20)36-29(33)24(17-31)27(34)32-25-10-5-4-7-19(25)3/h4-15,18,26H,16H2,1-3H3,(H,32,34)/b29-24-. The van der Waals surface area contributed by atoms with Gasteiger partial charge in [0.1, 0.15) is 16.7 Å². The van der Waals surface area contributed by atoms with E-state index in [1.807, 2.05) is 67.6 Å². The van der Waals surface area contributed by atoms with Crippen molar-refractivity contribution in [3.05, 3.63) is 105 Å². The number of hydrogen-bond donors (Lipinski definition) is 1. The number of nitrogens with zero attached hydrogens (tertiary/aromatic N) is 2. The monoisotopic (exact) mass is 515 g/mol. The van der Waals surface area contributed by atoms with Gasteiger partial charge in [-0.3, -0.25) is 14.5 Å². The zero-order valence-electron chi connectivity index (χ0n) is 20.3. The van der Waals surface area contributed by atoms with Gasteiger partial charge in [0.05, 0.1) is 5.25 Å². The molecule has 0 aliphatic carbocycles. The van der Waals surface area contributed by atoms with Crippen molar-refractivity contribution in [3.63, 3.8) is 0 Å². The number of aryl methyl sites for hydroxylation is 1. The summed E-state index contributed by atoms with van der Waals surface area (Å²) < 4.78 is 0. The quantitative estimate of drug-likeness (QED) is 0.288. The molecule has 0 bridgehead atoms. The van der Waals surface area contributed by atoms with E-state index in [-0.39, 0.29) is 11.5 Å². The highest BCUT2D eigenvalue weighted by atomic mass is 35.5. The minimum absolute atomic E-state index is 0.0990. The maximum Gasteiger partial charge on any atom is 0.269 e. The molecule has 1 fully saturated rings. The highest BCUT2D eigenvalue weighted by Gasteiger charge is 2.41. The van der Waals surface area contributed by atoms with Crippen LogP contribution in [0.15, 0.2) is 83.4 Å². The number of nitriles is 1. The van der Waals surface area contributed by atoms with E-state index < -0.39 is 11.2 Å². The lowest BCUT2D eigenvalue weighted by Gasteiger charge is -2.19. The number of benzene rings is 3. The van der Waals surface area contributed by atoms with E-state index in [0.29, 0.717) is 33.8 Å². The van der Waals surface area contributed by atoms with E-state index in [0.717, 1.165) is 16.7 Å². The minimum atomic E-state index is -0.547. The first-order valence-electron chi connectivity index (χ1n) is 11.6. The zero-order valence-corrected chi connectivity index (χ0v) is 21.9. The maximum atomic E-state index is 13.7. The molecular formula is C29H26ClN3O2S. The van der Waals surface area contributed by atoms with E-state index in [4.69, 9.17) is 11.6 Å². The molecule has 7 heteroatoms. The number of nitrogens with one attached hydrogen (secondary N) is 1. The molecule has 3 aromatic rings. The maximum absolute atomic E-state index is 13.7. The summed E-state index contributed by atoms with van der Waals surface area (Å²) in [7, 11) is 0. The highest BCUT2D eigenvalue weighted by molar-refractivity contribution is 8.05. The molecule has 182 valence electrons. The van der Waals surface area contributed by atoms with Crippen LogP contribution in [0.1, 0.15) is 36.5 Å². The van der Waals surface area contributed by atoms with Crippen LogP contribution in [-0.2, 0) is 16.0 Å². The van der Waals surface area contributed by atoms with Crippen LogP contribution in [0.25, 0.3) is 0 Å². The Morgan fingerprint density at radius 3 is 2.47 bits per heavy atom. The van der Waals surface area contributed by atoms with Crippen molar-refractivity contribution < 1.29 is 9.59 Å². The van der Waals surface area contributed by atoms with E-state index in [1.54, 1.807) is 12.1 Å². The Labute approximate surface area is 220 Å². The number of carbonyl (C=O) groups is 2. The minimum Gasteiger partial charge on any atom is -0.321 e. The summed E-state index contributed by atoms with van der Waals surface area (Å²) in [5.74, 6) is -0.388. The molecule has 1 heterocycles. The smallest absolute Gasteiger partial charge is 0.269 e. The molecule has 2 amide bonds. The SMILES string of the molecule is Cc1ccccc1NC(=O)/C(C#N)=C1\SC(Cc2cccc(Cl)c2)C(=O)N1c1ccc(C(C)C)cc1. The summed E-state index contributed by atoms with van der Waals surface area (Å²) in [6.07, 6.45) is 0.423. The van der Waals surface area contributed by atoms with Gasteiger partial charge in [-0.1, -0.05) is 79.7 Å². The third kappa shape index (κ3) is 5.48. The van der Waals surface area contributed by atoms with Gasteiger partial charge in [0.25, 0.3) is 5.91 Å². The van der Waals surface area contributed by atoms with Gasteiger partial charge in [0, 0.05) is 16.4 Å². The second kappa shape index (κ2) is 11.0. The van der Waals surface area contributed by atoms with Crippen LogP contribution >= 0.6 is 23.4 Å².